The number of aromatic nitrogens is 2. The van der Waals surface area contributed by atoms with Crippen LogP contribution in [-0.2, 0) is 22.7 Å². The normalized spacial score (nSPS) is 11.3. The van der Waals surface area contributed by atoms with Gasteiger partial charge in [0.2, 0.25) is 0 Å². The summed E-state index contributed by atoms with van der Waals surface area (Å²) in [5.41, 5.74) is 2.77. The molecule has 5 nitrogen and oxygen atoms in total. The minimum atomic E-state index is -0.428. The fourth-order valence-electron chi connectivity index (χ4n) is 3.98. The molecule has 0 aliphatic heterocycles. The second kappa shape index (κ2) is 8.89. The van der Waals surface area contributed by atoms with E-state index < -0.39 is 5.97 Å². The third-order valence-corrected chi connectivity index (χ3v) is 6.66. The number of hydrogen-bond donors (Lipinski definition) is 0. The molecule has 0 atom stereocenters. The molecular weight excluding hydrogens is 456 g/mol. The quantitative estimate of drug-likeness (QED) is 0.139. The molecule has 0 aliphatic rings. The van der Waals surface area contributed by atoms with Gasteiger partial charge in [-0.05, 0) is 48.7 Å². The lowest BCUT2D eigenvalue weighted by Crippen LogP contribution is -2.18. The van der Waals surface area contributed by atoms with Crippen molar-refractivity contribution in [2.24, 2.45) is 0 Å². The van der Waals surface area contributed by atoms with Crippen molar-refractivity contribution in [2.75, 3.05) is 6.26 Å². The fourth-order valence-corrected chi connectivity index (χ4v) is 4.61. The Balaban J connectivity index is 1.43. The van der Waals surface area contributed by atoms with E-state index >= 15 is 0 Å². The topological polar surface area (TPSA) is 61.2 Å². The lowest BCUT2D eigenvalue weighted by Gasteiger charge is -2.15. The van der Waals surface area contributed by atoms with Gasteiger partial charge in [0.25, 0.3) is 0 Å². The molecule has 5 rings (SSSR count). The van der Waals surface area contributed by atoms with E-state index in [1.165, 1.54) is 0 Å². The van der Waals surface area contributed by atoms with Crippen LogP contribution >= 0.6 is 23.4 Å². The Hall–Kier alpha value is -3.35. The standard InChI is InChI=1S/C26H19ClN2O3S/c1-33-18-11-10-16-12-17(26(27)28-21(16)13-18)15-32-24(30)14-29-22-8-4-2-6-19(22)25(31)20-7-3-5-9-23(20)29/h2-13H,14-15H2,1H3. The summed E-state index contributed by atoms with van der Waals surface area (Å²) in [4.78, 5) is 31.3. The van der Waals surface area contributed by atoms with Gasteiger partial charge in [-0.1, -0.05) is 41.9 Å². The zero-order valence-corrected chi connectivity index (χ0v) is 19.3. The van der Waals surface area contributed by atoms with E-state index in [1.807, 2.05) is 71.5 Å². The smallest absolute Gasteiger partial charge is 0.326 e. The van der Waals surface area contributed by atoms with Crippen molar-refractivity contribution in [3.8, 4) is 0 Å². The van der Waals surface area contributed by atoms with E-state index in [2.05, 4.69) is 4.98 Å². The first-order chi connectivity index (χ1) is 16.0. The monoisotopic (exact) mass is 474 g/mol. The van der Waals surface area contributed by atoms with Gasteiger partial charge < -0.3 is 9.30 Å². The number of ether oxygens (including phenoxy) is 1. The van der Waals surface area contributed by atoms with Crippen molar-refractivity contribution in [1.82, 2.24) is 9.55 Å². The first kappa shape index (κ1) is 21.5. The van der Waals surface area contributed by atoms with E-state index in [0.717, 1.165) is 15.8 Å². The number of rotatable bonds is 5. The summed E-state index contributed by atoms with van der Waals surface area (Å²) in [5.74, 6) is -0.428. The molecule has 0 radical (unpaired) electrons. The van der Waals surface area contributed by atoms with Gasteiger partial charge in [0, 0.05) is 26.6 Å². The van der Waals surface area contributed by atoms with E-state index in [0.29, 0.717) is 32.5 Å². The average molecular weight is 475 g/mol. The molecule has 2 aromatic heterocycles. The zero-order chi connectivity index (χ0) is 22.9. The van der Waals surface area contributed by atoms with E-state index in [4.69, 9.17) is 16.3 Å². The highest BCUT2D eigenvalue weighted by atomic mass is 35.5. The summed E-state index contributed by atoms with van der Waals surface area (Å²) in [6.45, 7) is -0.0159. The number of para-hydroxylation sites is 2. The van der Waals surface area contributed by atoms with Crippen LogP contribution < -0.4 is 5.43 Å². The molecule has 0 bridgehead atoms. The van der Waals surface area contributed by atoms with Crippen molar-refractivity contribution in [3.63, 3.8) is 0 Å². The van der Waals surface area contributed by atoms with Crippen LogP contribution in [0.3, 0.4) is 0 Å². The Labute approximate surface area is 199 Å². The maximum Gasteiger partial charge on any atom is 0.326 e. The van der Waals surface area contributed by atoms with Gasteiger partial charge in [0.15, 0.2) is 5.43 Å². The lowest BCUT2D eigenvalue weighted by atomic mass is 10.1. The molecule has 0 saturated carbocycles. The number of thioether (sulfide) groups is 1. The molecule has 0 amide bonds. The summed E-state index contributed by atoms with van der Waals surface area (Å²) in [6.07, 6.45) is 2.01. The Morgan fingerprint density at radius 3 is 2.33 bits per heavy atom. The highest BCUT2D eigenvalue weighted by Gasteiger charge is 2.15. The molecule has 3 aromatic carbocycles. The van der Waals surface area contributed by atoms with Gasteiger partial charge in [-0.25, -0.2) is 4.98 Å². The number of pyridine rings is 2. The van der Waals surface area contributed by atoms with Crippen LogP contribution in [0.1, 0.15) is 5.56 Å². The second-order valence-electron chi connectivity index (χ2n) is 7.61. The number of carbonyl (C=O) groups is 1. The summed E-state index contributed by atoms with van der Waals surface area (Å²) in [7, 11) is 0. The first-order valence-corrected chi connectivity index (χ1v) is 11.9. The predicted octanol–water partition coefficient (Wildman–Crippen LogP) is 5.82. The van der Waals surface area contributed by atoms with Crippen molar-refractivity contribution in [3.05, 3.63) is 93.7 Å². The number of benzene rings is 3. The van der Waals surface area contributed by atoms with Crippen LogP contribution in [0.5, 0.6) is 0 Å². The van der Waals surface area contributed by atoms with Crippen LogP contribution in [-0.4, -0.2) is 21.8 Å². The van der Waals surface area contributed by atoms with E-state index in [9.17, 15) is 9.59 Å². The van der Waals surface area contributed by atoms with Crippen molar-refractivity contribution in [2.45, 2.75) is 18.0 Å². The molecule has 0 unspecified atom stereocenters. The lowest BCUT2D eigenvalue weighted by molar-refractivity contribution is -0.145. The van der Waals surface area contributed by atoms with Crippen LogP contribution in [0.2, 0.25) is 5.15 Å². The second-order valence-corrected chi connectivity index (χ2v) is 8.84. The van der Waals surface area contributed by atoms with Gasteiger partial charge in [-0.3, -0.25) is 9.59 Å². The van der Waals surface area contributed by atoms with Crippen LogP contribution in [0.15, 0.2) is 82.5 Å². The number of halogens is 1. The highest BCUT2D eigenvalue weighted by molar-refractivity contribution is 7.98. The van der Waals surface area contributed by atoms with Crippen LogP contribution in [0.4, 0.5) is 0 Å². The zero-order valence-electron chi connectivity index (χ0n) is 17.7. The third-order valence-electron chi connectivity index (χ3n) is 5.61. The van der Waals surface area contributed by atoms with E-state index in [1.54, 1.807) is 23.9 Å². The predicted molar refractivity (Wildman–Crippen MR) is 134 cm³/mol. The number of fused-ring (bicyclic) bond motifs is 3. The van der Waals surface area contributed by atoms with Gasteiger partial charge in [-0.2, -0.15) is 0 Å². The fraction of sp³-hybridized carbons (Fsp3) is 0.115. The third kappa shape index (κ3) is 4.08. The maximum atomic E-state index is 12.9. The maximum absolute atomic E-state index is 12.9. The molecule has 0 N–H and O–H groups in total. The Morgan fingerprint density at radius 1 is 1.00 bits per heavy atom. The average Bonchev–Trinajstić information content (AvgIpc) is 2.85. The number of nitrogens with zero attached hydrogens (tertiary/aromatic N) is 2. The van der Waals surface area contributed by atoms with Gasteiger partial charge >= 0.3 is 5.97 Å². The minimum absolute atomic E-state index is 0.0148. The Morgan fingerprint density at radius 2 is 1.67 bits per heavy atom. The highest BCUT2D eigenvalue weighted by Crippen LogP contribution is 2.25. The molecule has 5 aromatic rings. The molecule has 0 fully saturated rings. The van der Waals surface area contributed by atoms with Gasteiger partial charge in [-0.15, -0.1) is 11.8 Å². The van der Waals surface area contributed by atoms with Gasteiger partial charge in [0.1, 0.15) is 18.3 Å². The molecule has 164 valence electrons. The molecule has 0 aliphatic carbocycles. The van der Waals surface area contributed by atoms with Crippen LogP contribution in [0.25, 0.3) is 32.7 Å². The molecule has 7 heteroatoms. The van der Waals surface area contributed by atoms with Crippen molar-refractivity contribution >= 4 is 62.0 Å². The summed E-state index contributed by atoms with van der Waals surface area (Å²) in [6, 6.07) is 22.4. The Bertz CT molecular complexity index is 1540. The van der Waals surface area contributed by atoms with Crippen molar-refractivity contribution in [1.29, 1.82) is 0 Å². The minimum Gasteiger partial charge on any atom is -0.459 e. The summed E-state index contributed by atoms with van der Waals surface area (Å²) >= 11 is 8.00. The first-order valence-electron chi connectivity index (χ1n) is 10.3. The van der Waals surface area contributed by atoms with Crippen molar-refractivity contribution < 1.29 is 9.53 Å². The van der Waals surface area contributed by atoms with Gasteiger partial charge in [0.05, 0.1) is 16.6 Å². The van der Waals surface area contributed by atoms with Crippen LogP contribution in [0, 0.1) is 0 Å². The number of hydrogen-bond acceptors (Lipinski definition) is 5. The number of esters is 1. The summed E-state index contributed by atoms with van der Waals surface area (Å²) < 4.78 is 7.39. The molecule has 0 saturated heterocycles. The Kier molecular flexibility index (Phi) is 5.79. The SMILES string of the molecule is CSc1ccc2cc(COC(=O)Cn3c4ccccc4c(=O)c4ccccc43)c(Cl)nc2c1. The molecule has 33 heavy (non-hydrogen) atoms. The largest absolute Gasteiger partial charge is 0.459 e. The molecular formula is C26H19ClN2O3S. The summed E-state index contributed by atoms with van der Waals surface area (Å²) in [5, 5.41) is 2.37. The molecule has 0 spiro atoms. The molecule has 2 heterocycles. The van der Waals surface area contributed by atoms with E-state index in [-0.39, 0.29) is 18.6 Å². The number of carbonyl (C=O) groups excluding carboxylic acids is 1.